The van der Waals surface area contributed by atoms with E-state index >= 15 is 0 Å². The average molecular weight is 432 g/mol. The van der Waals surface area contributed by atoms with Crippen LogP contribution in [0, 0.1) is 62.3 Å². The molecule has 0 fully saturated rings. The van der Waals surface area contributed by atoms with Gasteiger partial charge in [0.15, 0.2) is 0 Å². The summed E-state index contributed by atoms with van der Waals surface area (Å²) in [5.41, 5.74) is 12.8. The van der Waals surface area contributed by atoms with Crippen LogP contribution in [0.3, 0.4) is 0 Å². The van der Waals surface area contributed by atoms with Crippen LogP contribution >= 0.6 is 0 Å². The summed E-state index contributed by atoms with van der Waals surface area (Å²) in [5.74, 6) is 0. The first-order chi connectivity index (χ1) is 13.1. The first kappa shape index (κ1) is 20.9. The molecule has 0 heterocycles. The molecule has 1 heteroatoms. The molecule has 0 nitrogen and oxygen atoms in total. The van der Waals surface area contributed by atoms with Crippen molar-refractivity contribution in [3.8, 4) is 0 Å². The Hall–Kier alpha value is -1.78. The first-order valence-electron chi connectivity index (χ1n) is 10.1. The Labute approximate surface area is 176 Å². The first-order valence-corrected chi connectivity index (χ1v) is 12.9. The quantitative estimate of drug-likeness (QED) is 0.512. The SMILES string of the molecule is Cc1cc(C)c([As](c2c(C)cc(C)cc2C)c2c(C)cc(C)cc2C)c(C)c1. The fraction of sp³-hybridized carbons (Fsp3) is 0.333. The number of hydrogen-bond donors (Lipinski definition) is 0. The van der Waals surface area contributed by atoms with E-state index in [-0.39, 0.29) is 0 Å². The predicted octanol–water partition coefficient (Wildman–Crippen LogP) is 4.98. The van der Waals surface area contributed by atoms with Crippen molar-refractivity contribution in [1.82, 2.24) is 0 Å². The summed E-state index contributed by atoms with van der Waals surface area (Å²) < 4.78 is 4.84. The van der Waals surface area contributed by atoms with Gasteiger partial charge in [-0.1, -0.05) is 0 Å². The molecule has 3 rings (SSSR count). The molecule has 0 aliphatic rings. The Bertz CT molecular complexity index is 850. The molecule has 146 valence electrons. The van der Waals surface area contributed by atoms with Gasteiger partial charge in [-0.15, -0.1) is 0 Å². The maximum atomic E-state index is 2.38. The van der Waals surface area contributed by atoms with E-state index in [1.807, 2.05) is 0 Å². The van der Waals surface area contributed by atoms with Gasteiger partial charge in [-0.25, -0.2) is 0 Å². The molecule has 0 spiro atoms. The van der Waals surface area contributed by atoms with E-state index in [1.165, 1.54) is 50.1 Å². The van der Waals surface area contributed by atoms with Gasteiger partial charge in [0.1, 0.15) is 0 Å². The molecule has 0 saturated heterocycles. The van der Waals surface area contributed by atoms with Crippen LogP contribution in [0.15, 0.2) is 36.4 Å². The number of benzene rings is 3. The van der Waals surface area contributed by atoms with Crippen LogP contribution in [-0.2, 0) is 0 Å². The van der Waals surface area contributed by atoms with Crippen LogP contribution in [0.25, 0.3) is 0 Å². The van der Waals surface area contributed by atoms with E-state index in [0.29, 0.717) is 0 Å². The number of aryl methyl sites for hydroxylation is 9. The van der Waals surface area contributed by atoms with Crippen LogP contribution in [0.4, 0.5) is 0 Å². The molecule has 28 heavy (non-hydrogen) atoms. The van der Waals surface area contributed by atoms with Gasteiger partial charge in [0.05, 0.1) is 0 Å². The van der Waals surface area contributed by atoms with Gasteiger partial charge in [-0.05, 0) is 0 Å². The number of rotatable bonds is 3. The zero-order valence-corrected chi connectivity index (χ0v) is 20.8. The summed E-state index contributed by atoms with van der Waals surface area (Å²) in [6, 6.07) is 14.3. The summed E-state index contributed by atoms with van der Waals surface area (Å²) in [6.07, 6.45) is 0. The standard InChI is InChI=1S/C27H33As/c1-16-10-19(4)25(20(5)11-16)28(26-21(6)12-17(2)13-22(26)7)27-23(8)14-18(3)15-24(27)9/h10-15H,1-9H3. The Kier molecular flexibility index (Phi) is 5.92. The van der Waals surface area contributed by atoms with E-state index in [4.69, 9.17) is 0 Å². The summed E-state index contributed by atoms with van der Waals surface area (Å²) in [7, 11) is 0. The Morgan fingerprint density at radius 3 is 0.714 bits per heavy atom. The van der Waals surface area contributed by atoms with Crippen LogP contribution < -0.4 is 13.1 Å². The topological polar surface area (TPSA) is 0 Å². The number of hydrogen-bond acceptors (Lipinski definition) is 0. The molecule has 0 unspecified atom stereocenters. The second-order valence-electron chi connectivity index (χ2n) is 8.58. The van der Waals surface area contributed by atoms with Crippen molar-refractivity contribution in [2.75, 3.05) is 0 Å². The molecule has 0 radical (unpaired) electrons. The molecular formula is C27H33As. The van der Waals surface area contributed by atoms with Gasteiger partial charge >= 0.3 is 176 Å². The third-order valence-corrected chi connectivity index (χ3v) is 12.8. The van der Waals surface area contributed by atoms with Gasteiger partial charge in [-0.2, -0.15) is 0 Å². The van der Waals surface area contributed by atoms with E-state index in [9.17, 15) is 0 Å². The second-order valence-corrected chi connectivity index (χ2v) is 12.8. The molecule has 3 aromatic rings. The molecule has 0 N–H and O–H groups in total. The zero-order valence-electron chi connectivity index (χ0n) is 18.9. The summed E-state index contributed by atoms with van der Waals surface area (Å²) in [6.45, 7) is 20.5. The van der Waals surface area contributed by atoms with Gasteiger partial charge in [-0.3, -0.25) is 0 Å². The van der Waals surface area contributed by atoms with Crippen LogP contribution in [0.2, 0.25) is 0 Å². The van der Waals surface area contributed by atoms with Gasteiger partial charge in [0, 0.05) is 0 Å². The predicted molar refractivity (Wildman–Crippen MR) is 127 cm³/mol. The third-order valence-electron chi connectivity index (χ3n) is 5.58. The Morgan fingerprint density at radius 1 is 0.357 bits per heavy atom. The van der Waals surface area contributed by atoms with Crippen LogP contribution in [0.5, 0.6) is 0 Å². The summed E-state index contributed by atoms with van der Waals surface area (Å²) in [4.78, 5) is 0. The summed E-state index contributed by atoms with van der Waals surface area (Å²) >= 11 is -1.70. The van der Waals surface area contributed by atoms with Crippen LogP contribution in [-0.4, -0.2) is 14.7 Å². The van der Waals surface area contributed by atoms with Crippen molar-refractivity contribution in [3.05, 3.63) is 86.5 Å². The molecule has 0 aromatic heterocycles. The van der Waals surface area contributed by atoms with E-state index in [1.54, 1.807) is 13.1 Å². The third kappa shape index (κ3) is 3.85. The molecule has 0 aliphatic carbocycles. The van der Waals surface area contributed by atoms with Crippen molar-refractivity contribution in [2.24, 2.45) is 0 Å². The fourth-order valence-electron chi connectivity index (χ4n) is 4.91. The normalized spacial score (nSPS) is 11.4. The van der Waals surface area contributed by atoms with Crippen molar-refractivity contribution in [1.29, 1.82) is 0 Å². The minimum absolute atomic E-state index is 1.36. The maximum absolute atomic E-state index is 2.38. The summed E-state index contributed by atoms with van der Waals surface area (Å²) in [5, 5.41) is 0. The monoisotopic (exact) mass is 432 g/mol. The van der Waals surface area contributed by atoms with Crippen molar-refractivity contribution < 1.29 is 0 Å². The van der Waals surface area contributed by atoms with Gasteiger partial charge < -0.3 is 0 Å². The second kappa shape index (κ2) is 7.92. The van der Waals surface area contributed by atoms with Crippen molar-refractivity contribution in [3.63, 3.8) is 0 Å². The molecule has 0 aliphatic heterocycles. The zero-order chi connectivity index (χ0) is 20.7. The van der Waals surface area contributed by atoms with Crippen LogP contribution in [0.1, 0.15) is 50.1 Å². The molecule has 0 saturated carbocycles. The van der Waals surface area contributed by atoms with Crippen molar-refractivity contribution >= 4 is 27.7 Å². The van der Waals surface area contributed by atoms with Gasteiger partial charge in [0.2, 0.25) is 0 Å². The molecular weight excluding hydrogens is 399 g/mol. The minimum atomic E-state index is -1.70. The van der Waals surface area contributed by atoms with Gasteiger partial charge in [0.25, 0.3) is 0 Å². The van der Waals surface area contributed by atoms with Crippen molar-refractivity contribution in [2.45, 2.75) is 62.3 Å². The Balaban J connectivity index is 2.45. The fourth-order valence-corrected chi connectivity index (χ4v) is 11.6. The van der Waals surface area contributed by atoms with E-state index < -0.39 is 14.7 Å². The molecule has 0 bridgehead atoms. The Morgan fingerprint density at radius 2 is 0.536 bits per heavy atom. The average Bonchev–Trinajstić information content (AvgIpc) is 2.51. The van der Waals surface area contributed by atoms with E-state index in [2.05, 4.69) is 98.7 Å². The molecule has 0 amide bonds. The van der Waals surface area contributed by atoms with E-state index in [0.717, 1.165) is 0 Å². The molecule has 3 aromatic carbocycles. The molecule has 0 atom stereocenters.